The number of aromatic nitrogens is 1. The summed E-state index contributed by atoms with van der Waals surface area (Å²) in [5.74, 6) is -0.397. The zero-order valence-corrected chi connectivity index (χ0v) is 11.5. The van der Waals surface area contributed by atoms with E-state index in [4.69, 9.17) is 0 Å². The lowest BCUT2D eigenvalue weighted by molar-refractivity contribution is 0.102. The lowest BCUT2D eigenvalue weighted by atomic mass is 10.1. The highest BCUT2D eigenvalue weighted by molar-refractivity contribution is 6.04. The summed E-state index contributed by atoms with van der Waals surface area (Å²) in [7, 11) is 1.62. The van der Waals surface area contributed by atoms with Crippen LogP contribution in [-0.4, -0.2) is 10.5 Å². The molecule has 1 aromatic heterocycles. The molecule has 2 aromatic carbocycles. The Labute approximate surface area is 121 Å². The summed E-state index contributed by atoms with van der Waals surface area (Å²) < 4.78 is 1.38. The summed E-state index contributed by atoms with van der Waals surface area (Å²) in [6.07, 6.45) is 1.62. The lowest BCUT2D eigenvalue weighted by Gasteiger charge is -2.07. The molecular weight excluding hydrogens is 264 g/mol. The van der Waals surface area contributed by atoms with Gasteiger partial charge in [-0.25, -0.2) is 0 Å². The molecule has 0 atom stereocenters. The van der Waals surface area contributed by atoms with Crippen molar-refractivity contribution >= 4 is 22.4 Å². The molecule has 0 bridgehead atoms. The minimum atomic E-state index is -0.397. The number of aryl methyl sites for hydroxylation is 1. The molecule has 0 saturated carbocycles. The van der Waals surface area contributed by atoms with Crippen molar-refractivity contribution in [2.45, 2.75) is 0 Å². The second-order valence-electron chi connectivity index (χ2n) is 4.85. The number of hydrogen-bond acceptors (Lipinski definition) is 2. The molecule has 0 aliphatic carbocycles. The zero-order valence-electron chi connectivity index (χ0n) is 11.5. The van der Waals surface area contributed by atoms with E-state index in [0.717, 1.165) is 10.8 Å². The summed E-state index contributed by atoms with van der Waals surface area (Å²) in [5.41, 5.74) is 0.494. The SMILES string of the molecule is Cn1cccc(C(=O)Nc2ccc3ccccc3c2)c1=O. The highest BCUT2D eigenvalue weighted by atomic mass is 16.2. The smallest absolute Gasteiger partial charge is 0.263 e. The van der Waals surface area contributed by atoms with Gasteiger partial charge in [0.15, 0.2) is 0 Å². The molecule has 0 fully saturated rings. The van der Waals surface area contributed by atoms with E-state index in [2.05, 4.69) is 5.32 Å². The van der Waals surface area contributed by atoms with Crippen LogP contribution in [0.4, 0.5) is 5.69 Å². The van der Waals surface area contributed by atoms with E-state index in [1.165, 1.54) is 10.6 Å². The monoisotopic (exact) mass is 278 g/mol. The van der Waals surface area contributed by atoms with Gasteiger partial charge < -0.3 is 9.88 Å². The number of nitrogens with zero attached hydrogens (tertiary/aromatic N) is 1. The summed E-state index contributed by atoms with van der Waals surface area (Å²) in [6.45, 7) is 0. The van der Waals surface area contributed by atoms with Crippen LogP contribution in [0.25, 0.3) is 10.8 Å². The van der Waals surface area contributed by atoms with Crippen molar-refractivity contribution in [3.63, 3.8) is 0 Å². The molecule has 1 N–H and O–H groups in total. The van der Waals surface area contributed by atoms with Crippen molar-refractivity contribution < 1.29 is 4.79 Å². The number of pyridine rings is 1. The third-order valence-corrected chi connectivity index (χ3v) is 3.38. The summed E-state index contributed by atoms with van der Waals surface area (Å²) >= 11 is 0. The molecule has 1 heterocycles. The molecule has 4 nitrogen and oxygen atoms in total. The van der Waals surface area contributed by atoms with Crippen LogP contribution < -0.4 is 10.9 Å². The van der Waals surface area contributed by atoms with E-state index in [1.54, 1.807) is 19.3 Å². The fourth-order valence-corrected chi connectivity index (χ4v) is 2.24. The second-order valence-corrected chi connectivity index (χ2v) is 4.85. The van der Waals surface area contributed by atoms with E-state index < -0.39 is 5.91 Å². The molecule has 4 heteroatoms. The highest BCUT2D eigenvalue weighted by Gasteiger charge is 2.11. The average molecular weight is 278 g/mol. The average Bonchev–Trinajstić information content (AvgIpc) is 2.50. The minimum Gasteiger partial charge on any atom is -0.322 e. The molecule has 0 saturated heterocycles. The van der Waals surface area contributed by atoms with Crippen molar-refractivity contribution in [2.75, 3.05) is 5.32 Å². The Morgan fingerprint density at radius 1 is 1.00 bits per heavy atom. The minimum absolute atomic E-state index is 0.133. The normalized spacial score (nSPS) is 10.5. The van der Waals surface area contributed by atoms with Crippen molar-refractivity contribution in [3.8, 4) is 0 Å². The maximum absolute atomic E-state index is 12.2. The van der Waals surface area contributed by atoms with Gasteiger partial charge in [0.25, 0.3) is 11.5 Å². The number of rotatable bonds is 2. The van der Waals surface area contributed by atoms with Crippen molar-refractivity contribution in [2.24, 2.45) is 7.05 Å². The molecule has 0 aliphatic rings. The number of carbonyl (C=O) groups is 1. The third kappa shape index (κ3) is 2.56. The first-order valence-corrected chi connectivity index (χ1v) is 6.61. The molecule has 0 spiro atoms. The summed E-state index contributed by atoms with van der Waals surface area (Å²) in [5, 5.41) is 4.91. The number of carbonyl (C=O) groups excluding carboxylic acids is 1. The maximum Gasteiger partial charge on any atom is 0.263 e. The van der Waals surface area contributed by atoms with Gasteiger partial charge in [0.1, 0.15) is 5.56 Å². The molecule has 0 aliphatic heterocycles. The van der Waals surface area contributed by atoms with Gasteiger partial charge in [0, 0.05) is 18.9 Å². The van der Waals surface area contributed by atoms with Gasteiger partial charge in [-0.1, -0.05) is 30.3 Å². The van der Waals surface area contributed by atoms with Crippen LogP contribution in [0.5, 0.6) is 0 Å². The molecule has 0 unspecified atom stereocenters. The Hall–Kier alpha value is -2.88. The van der Waals surface area contributed by atoms with Crippen LogP contribution in [0.1, 0.15) is 10.4 Å². The van der Waals surface area contributed by atoms with E-state index in [1.807, 2.05) is 42.5 Å². The van der Waals surface area contributed by atoms with Gasteiger partial charge in [0.2, 0.25) is 0 Å². The molecule has 104 valence electrons. The van der Waals surface area contributed by atoms with Crippen LogP contribution in [-0.2, 0) is 7.05 Å². The van der Waals surface area contributed by atoms with E-state index in [9.17, 15) is 9.59 Å². The van der Waals surface area contributed by atoms with Crippen molar-refractivity contribution in [1.29, 1.82) is 0 Å². The summed E-state index contributed by atoms with van der Waals surface area (Å²) in [6, 6.07) is 16.8. The van der Waals surface area contributed by atoms with E-state index >= 15 is 0 Å². The molecular formula is C17H14N2O2. The number of fused-ring (bicyclic) bond motifs is 1. The Morgan fingerprint density at radius 3 is 2.57 bits per heavy atom. The van der Waals surface area contributed by atoms with Crippen LogP contribution in [0.3, 0.4) is 0 Å². The first kappa shape index (κ1) is 13.1. The lowest BCUT2D eigenvalue weighted by Crippen LogP contribution is -2.26. The van der Waals surface area contributed by atoms with E-state index in [-0.39, 0.29) is 11.1 Å². The number of benzene rings is 2. The molecule has 3 rings (SSSR count). The third-order valence-electron chi connectivity index (χ3n) is 3.38. The standard InChI is InChI=1S/C17H14N2O2/c1-19-10-4-7-15(17(19)21)16(20)18-14-9-8-12-5-2-3-6-13(12)11-14/h2-11H,1H3,(H,18,20). The van der Waals surface area contributed by atoms with Crippen LogP contribution >= 0.6 is 0 Å². The first-order valence-electron chi connectivity index (χ1n) is 6.61. The van der Waals surface area contributed by atoms with Gasteiger partial charge in [0.05, 0.1) is 0 Å². The number of nitrogens with one attached hydrogen (secondary N) is 1. The number of amides is 1. The summed E-state index contributed by atoms with van der Waals surface area (Å²) in [4.78, 5) is 24.1. The maximum atomic E-state index is 12.2. The van der Waals surface area contributed by atoms with Gasteiger partial charge in [-0.2, -0.15) is 0 Å². The zero-order chi connectivity index (χ0) is 14.8. The quantitative estimate of drug-likeness (QED) is 0.783. The Morgan fingerprint density at radius 2 is 1.76 bits per heavy atom. The van der Waals surface area contributed by atoms with Gasteiger partial charge in [-0.05, 0) is 35.0 Å². The highest BCUT2D eigenvalue weighted by Crippen LogP contribution is 2.19. The largest absolute Gasteiger partial charge is 0.322 e. The Kier molecular flexibility index (Phi) is 3.28. The van der Waals surface area contributed by atoms with Gasteiger partial charge >= 0.3 is 0 Å². The molecule has 1 amide bonds. The second kappa shape index (κ2) is 5.25. The fraction of sp³-hybridized carbons (Fsp3) is 0.0588. The van der Waals surface area contributed by atoms with Gasteiger partial charge in [-0.15, -0.1) is 0 Å². The molecule has 3 aromatic rings. The molecule has 21 heavy (non-hydrogen) atoms. The van der Waals surface area contributed by atoms with Crippen molar-refractivity contribution in [3.05, 3.63) is 76.7 Å². The van der Waals surface area contributed by atoms with Crippen LogP contribution in [0.2, 0.25) is 0 Å². The molecule has 0 radical (unpaired) electrons. The Balaban J connectivity index is 1.92. The predicted molar refractivity (Wildman–Crippen MR) is 83.6 cm³/mol. The Bertz CT molecular complexity index is 881. The number of hydrogen-bond donors (Lipinski definition) is 1. The predicted octanol–water partition coefficient (Wildman–Crippen LogP) is 2.79. The fourth-order valence-electron chi connectivity index (χ4n) is 2.24. The van der Waals surface area contributed by atoms with Crippen LogP contribution in [0.15, 0.2) is 65.6 Å². The van der Waals surface area contributed by atoms with E-state index in [0.29, 0.717) is 5.69 Å². The van der Waals surface area contributed by atoms with Gasteiger partial charge in [-0.3, -0.25) is 9.59 Å². The van der Waals surface area contributed by atoms with Crippen molar-refractivity contribution in [1.82, 2.24) is 4.57 Å². The van der Waals surface area contributed by atoms with Crippen LogP contribution in [0, 0.1) is 0 Å². The topological polar surface area (TPSA) is 51.1 Å². The number of anilines is 1. The first-order chi connectivity index (χ1) is 10.1.